The molecule has 172 valence electrons. The molecule has 3 amide bonds. The average Bonchev–Trinajstić information content (AvgIpc) is 3.06. The average molecular weight is 607 g/mol. The first-order chi connectivity index (χ1) is 16.2. The van der Waals surface area contributed by atoms with E-state index < -0.39 is 17.9 Å². The van der Waals surface area contributed by atoms with Gasteiger partial charge in [-0.15, -0.1) is 0 Å². The summed E-state index contributed by atoms with van der Waals surface area (Å²) < 4.78 is 7.13. The number of carbonyl (C=O) groups is 3. The van der Waals surface area contributed by atoms with Crippen molar-refractivity contribution in [3.63, 3.8) is 0 Å². The predicted molar refractivity (Wildman–Crippen MR) is 135 cm³/mol. The third kappa shape index (κ3) is 5.16. The number of hydrogen-bond donors (Lipinski definition) is 2. The molecule has 0 aliphatic carbocycles. The van der Waals surface area contributed by atoms with Crippen molar-refractivity contribution in [2.24, 2.45) is 0 Å². The minimum Gasteiger partial charge on any atom is -0.487 e. The van der Waals surface area contributed by atoms with Crippen molar-refractivity contribution < 1.29 is 24.2 Å². The topological polar surface area (TPSA) is 95.9 Å². The molecular weight excluding hydrogens is 592 g/mol. The minimum atomic E-state index is -0.990. The lowest BCUT2D eigenvalue weighted by molar-refractivity contribution is -0.113. The van der Waals surface area contributed by atoms with Gasteiger partial charge in [0, 0.05) is 5.02 Å². The summed E-state index contributed by atoms with van der Waals surface area (Å²) in [4.78, 5) is 37.2. The Morgan fingerprint density at radius 2 is 1.74 bits per heavy atom. The van der Waals surface area contributed by atoms with Gasteiger partial charge in [0.15, 0.2) is 0 Å². The van der Waals surface area contributed by atoms with E-state index in [4.69, 9.17) is 21.4 Å². The van der Waals surface area contributed by atoms with Gasteiger partial charge in [-0.3, -0.25) is 4.79 Å². The van der Waals surface area contributed by atoms with Crippen molar-refractivity contribution in [3.8, 4) is 5.75 Å². The summed E-state index contributed by atoms with van der Waals surface area (Å²) >= 11 is 12.9. The molecule has 0 aromatic heterocycles. The molecule has 1 aliphatic heterocycles. The SMILES string of the molecule is O=C(O)c1ccc(COc2c(Br)cc(/C=C3/NC(=O)N(c4cccc(Cl)c4)C3=O)cc2Br)cc1. The van der Waals surface area contributed by atoms with E-state index in [1.165, 1.54) is 18.2 Å². The number of hydrogen-bond acceptors (Lipinski definition) is 4. The van der Waals surface area contributed by atoms with E-state index in [-0.39, 0.29) is 17.9 Å². The van der Waals surface area contributed by atoms with Crippen LogP contribution in [0.25, 0.3) is 6.08 Å². The second-order valence-corrected chi connectivity index (χ2v) is 9.36. The van der Waals surface area contributed by atoms with Crippen LogP contribution in [0.15, 0.2) is 75.3 Å². The number of carboxylic acid groups (broad SMARTS) is 1. The Kier molecular flexibility index (Phi) is 7.06. The highest BCUT2D eigenvalue weighted by Gasteiger charge is 2.35. The number of imide groups is 1. The Hall–Kier alpha value is -3.14. The van der Waals surface area contributed by atoms with Crippen LogP contribution in [-0.2, 0) is 11.4 Å². The standard InChI is InChI=1S/C24H15Br2ClN2O5/c25-18-8-14(9-19(26)21(18)34-12-13-4-6-15(7-5-13)23(31)32)10-20-22(30)29(24(33)28-20)17-3-1-2-16(27)11-17/h1-11H,12H2,(H,28,33)(H,31,32)/b20-10+. The van der Waals surface area contributed by atoms with Crippen LogP contribution in [0.3, 0.4) is 0 Å². The number of ether oxygens (including phenoxy) is 1. The molecule has 1 heterocycles. The quantitative estimate of drug-likeness (QED) is 0.256. The number of carboxylic acids is 1. The molecule has 3 aromatic rings. The van der Waals surface area contributed by atoms with Crippen LogP contribution in [0.4, 0.5) is 10.5 Å². The van der Waals surface area contributed by atoms with Crippen LogP contribution in [-0.4, -0.2) is 23.0 Å². The molecule has 0 bridgehead atoms. The highest BCUT2D eigenvalue weighted by atomic mass is 79.9. The first-order valence-corrected chi connectivity index (χ1v) is 11.8. The lowest BCUT2D eigenvalue weighted by Crippen LogP contribution is -2.30. The van der Waals surface area contributed by atoms with Gasteiger partial charge in [-0.1, -0.05) is 29.8 Å². The first-order valence-electron chi connectivity index (χ1n) is 9.79. The van der Waals surface area contributed by atoms with E-state index in [1.54, 1.807) is 48.5 Å². The Balaban J connectivity index is 1.52. The molecule has 7 nitrogen and oxygen atoms in total. The van der Waals surface area contributed by atoms with Crippen LogP contribution < -0.4 is 15.0 Å². The molecule has 0 saturated carbocycles. The highest BCUT2D eigenvalue weighted by molar-refractivity contribution is 9.11. The van der Waals surface area contributed by atoms with Crippen molar-refractivity contribution in [2.45, 2.75) is 6.61 Å². The van der Waals surface area contributed by atoms with E-state index >= 15 is 0 Å². The predicted octanol–water partition coefficient (Wildman–Crippen LogP) is 6.24. The third-order valence-electron chi connectivity index (χ3n) is 4.86. The fraction of sp³-hybridized carbons (Fsp3) is 0.0417. The van der Waals surface area contributed by atoms with Crippen molar-refractivity contribution in [1.29, 1.82) is 0 Å². The Labute approximate surface area is 216 Å². The lowest BCUT2D eigenvalue weighted by atomic mass is 10.1. The molecular formula is C24H15Br2ClN2O5. The molecule has 0 atom stereocenters. The zero-order valence-electron chi connectivity index (χ0n) is 17.2. The van der Waals surface area contributed by atoms with E-state index in [0.29, 0.717) is 31.0 Å². The number of nitrogens with zero attached hydrogens (tertiary/aromatic N) is 1. The minimum absolute atomic E-state index is 0.121. The van der Waals surface area contributed by atoms with Gasteiger partial charge in [-0.25, -0.2) is 14.5 Å². The van der Waals surface area contributed by atoms with Crippen molar-refractivity contribution in [1.82, 2.24) is 5.32 Å². The Morgan fingerprint density at radius 1 is 1.06 bits per heavy atom. The van der Waals surface area contributed by atoms with Gasteiger partial charge in [0.25, 0.3) is 5.91 Å². The lowest BCUT2D eigenvalue weighted by Gasteiger charge is -2.12. The molecule has 4 rings (SSSR count). The third-order valence-corrected chi connectivity index (χ3v) is 6.27. The summed E-state index contributed by atoms with van der Waals surface area (Å²) in [7, 11) is 0. The Morgan fingerprint density at radius 3 is 2.35 bits per heavy atom. The number of amides is 3. The first kappa shape index (κ1) is 24.0. The molecule has 0 radical (unpaired) electrons. The summed E-state index contributed by atoms with van der Waals surface area (Å²) in [5.41, 5.74) is 2.15. The molecule has 3 aromatic carbocycles. The number of urea groups is 1. The maximum Gasteiger partial charge on any atom is 0.335 e. The molecule has 1 aliphatic rings. The smallest absolute Gasteiger partial charge is 0.335 e. The van der Waals surface area contributed by atoms with Crippen LogP contribution in [0.5, 0.6) is 5.75 Å². The van der Waals surface area contributed by atoms with Crippen molar-refractivity contribution in [3.05, 3.63) is 97.0 Å². The van der Waals surface area contributed by atoms with Gasteiger partial charge >= 0.3 is 12.0 Å². The summed E-state index contributed by atoms with van der Waals surface area (Å²) in [6.45, 7) is 0.223. The van der Waals surface area contributed by atoms with Gasteiger partial charge in [0.2, 0.25) is 0 Å². The molecule has 10 heteroatoms. The van der Waals surface area contributed by atoms with Gasteiger partial charge in [0.1, 0.15) is 18.1 Å². The van der Waals surface area contributed by atoms with Crippen molar-refractivity contribution in [2.75, 3.05) is 4.90 Å². The molecule has 1 saturated heterocycles. The summed E-state index contributed by atoms with van der Waals surface area (Å²) in [5.74, 6) is -0.952. The largest absolute Gasteiger partial charge is 0.487 e. The number of carbonyl (C=O) groups excluding carboxylic acids is 2. The summed E-state index contributed by atoms with van der Waals surface area (Å²) in [5, 5.41) is 12.0. The van der Waals surface area contributed by atoms with Gasteiger partial charge in [0.05, 0.1) is 20.2 Å². The number of nitrogens with one attached hydrogen (secondary N) is 1. The van der Waals surface area contributed by atoms with Gasteiger partial charge in [-0.2, -0.15) is 0 Å². The van der Waals surface area contributed by atoms with Gasteiger partial charge < -0.3 is 15.2 Å². The fourth-order valence-electron chi connectivity index (χ4n) is 3.25. The van der Waals surface area contributed by atoms with Crippen LogP contribution in [0.2, 0.25) is 5.02 Å². The number of halogens is 3. The van der Waals surface area contributed by atoms with Crippen LogP contribution in [0, 0.1) is 0 Å². The second kappa shape index (κ2) is 10.0. The maximum atomic E-state index is 12.8. The summed E-state index contributed by atoms with van der Waals surface area (Å²) in [6, 6.07) is 15.8. The van der Waals surface area contributed by atoms with Crippen LogP contribution >= 0.6 is 43.5 Å². The molecule has 1 fully saturated rings. The maximum absolute atomic E-state index is 12.8. The molecule has 34 heavy (non-hydrogen) atoms. The molecule has 0 spiro atoms. The number of anilines is 1. The molecule has 2 N–H and O–H groups in total. The zero-order chi connectivity index (χ0) is 24.4. The molecule has 0 unspecified atom stereocenters. The zero-order valence-corrected chi connectivity index (χ0v) is 21.1. The van der Waals surface area contributed by atoms with E-state index in [0.717, 1.165) is 10.5 Å². The second-order valence-electron chi connectivity index (χ2n) is 7.21. The number of aromatic carboxylic acids is 1. The van der Waals surface area contributed by atoms with E-state index in [2.05, 4.69) is 37.2 Å². The summed E-state index contributed by atoms with van der Waals surface area (Å²) in [6.07, 6.45) is 1.56. The van der Waals surface area contributed by atoms with Crippen LogP contribution in [0.1, 0.15) is 21.5 Å². The van der Waals surface area contributed by atoms with Gasteiger partial charge in [-0.05, 0) is 91.5 Å². The monoisotopic (exact) mass is 604 g/mol. The fourth-order valence-corrected chi connectivity index (χ4v) is 4.89. The van der Waals surface area contributed by atoms with Crippen molar-refractivity contribution >= 4 is 73.1 Å². The van der Waals surface area contributed by atoms with E-state index in [9.17, 15) is 14.4 Å². The number of benzene rings is 3. The Bertz CT molecular complexity index is 1320. The normalized spacial score (nSPS) is 14.4. The highest BCUT2D eigenvalue weighted by Crippen LogP contribution is 2.36. The number of rotatable bonds is 6. The van der Waals surface area contributed by atoms with E-state index in [1.807, 2.05) is 0 Å².